The van der Waals surface area contributed by atoms with Gasteiger partial charge in [0.1, 0.15) is 11.5 Å². The second kappa shape index (κ2) is 7.19. The van der Waals surface area contributed by atoms with Gasteiger partial charge in [0.05, 0.1) is 17.1 Å². The van der Waals surface area contributed by atoms with Gasteiger partial charge in [0.2, 0.25) is 6.10 Å². The van der Waals surface area contributed by atoms with E-state index in [0.717, 1.165) is 36.6 Å². The lowest BCUT2D eigenvalue weighted by molar-refractivity contribution is -0.206. The van der Waals surface area contributed by atoms with E-state index in [-0.39, 0.29) is 28.5 Å². The second-order valence-corrected chi connectivity index (χ2v) is 8.77. The summed E-state index contributed by atoms with van der Waals surface area (Å²) >= 11 is 0. The molecule has 1 amide bonds. The van der Waals surface area contributed by atoms with Crippen molar-refractivity contribution in [2.75, 3.05) is 5.32 Å². The number of para-hydroxylation sites is 1. The minimum Gasteiger partial charge on any atom is -0.431 e. The summed E-state index contributed by atoms with van der Waals surface area (Å²) in [5.41, 5.74) is 7.28. The highest BCUT2D eigenvalue weighted by Gasteiger charge is 2.49. The van der Waals surface area contributed by atoms with Crippen LogP contribution < -0.4 is 11.1 Å². The first kappa shape index (κ1) is 20.7. The van der Waals surface area contributed by atoms with Gasteiger partial charge in [-0.2, -0.15) is 18.3 Å². The standard InChI is InChI=1S/C22H22F3N5O2/c1-21(26)9-6-12(7-10-21)30-15-5-3-2-4-13(15)17(29-30)14-8-11-27-19-16(14)18(22(23,24)25)32-20(31)28-19/h2-5,8,11-12,18H,6-7,9-10,26H2,1H3,(H,27,28,31)/t12?,18-,21?/m1/s1. The van der Waals surface area contributed by atoms with E-state index < -0.39 is 18.4 Å². The smallest absolute Gasteiger partial charge is 0.430 e. The Morgan fingerprint density at radius 1 is 1.22 bits per heavy atom. The SMILES string of the molecule is CC1(N)CCC(n2nc(-c3ccnc4c3[C@H](C(F)(F)F)OC(=O)N4)c3ccccc32)CC1. The van der Waals surface area contributed by atoms with Crippen molar-refractivity contribution in [3.05, 3.63) is 42.1 Å². The average molecular weight is 445 g/mol. The zero-order valence-corrected chi connectivity index (χ0v) is 17.3. The van der Waals surface area contributed by atoms with E-state index in [0.29, 0.717) is 5.69 Å². The van der Waals surface area contributed by atoms with Crippen molar-refractivity contribution in [3.63, 3.8) is 0 Å². The number of aromatic nitrogens is 3. The Morgan fingerprint density at radius 3 is 2.66 bits per heavy atom. The maximum atomic E-state index is 13.8. The van der Waals surface area contributed by atoms with Crippen molar-refractivity contribution >= 4 is 22.8 Å². The Bertz CT molecular complexity index is 1190. The van der Waals surface area contributed by atoms with Crippen molar-refractivity contribution in [2.45, 2.75) is 56.5 Å². The van der Waals surface area contributed by atoms with Crippen LogP contribution >= 0.6 is 0 Å². The van der Waals surface area contributed by atoms with Gasteiger partial charge in [0, 0.05) is 22.7 Å². The Hall–Kier alpha value is -3.14. The summed E-state index contributed by atoms with van der Waals surface area (Å²) in [4.78, 5) is 15.7. The number of nitrogens with two attached hydrogens (primary N) is 1. The summed E-state index contributed by atoms with van der Waals surface area (Å²) in [5, 5.41) is 7.79. The second-order valence-electron chi connectivity index (χ2n) is 8.77. The Morgan fingerprint density at radius 2 is 1.94 bits per heavy atom. The van der Waals surface area contributed by atoms with Crippen molar-refractivity contribution in [1.82, 2.24) is 14.8 Å². The van der Waals surface area contributed by atoms with E-state index in [2.05, 4.69) is 15.0 Å². The number of hydrogen-bond acceptors (Lipinski definition) is 5. The summed E-state index contributed by atoms with van der Waals surface area (Å²) in [6.45, 7) is 2.03. The minimum absolute atomic E-state index is 0.0947. The number of amides is 1. The monoisotopic (exact) mass is 445 g/mol. The number of benzene rings is 1. The fourth-order valence-corrected chi connectivity index (χ4v) is 4.64. The maximum Gasteiger partial charge on any atom is 0.430 e. The third kappa shape index (κ3) is 3.48. The Balaban J connectivity index is 1.68. The molecule has 0 saturated heterocycles. The van der Waals surface area contributed by atoms with Crippen LogP contribution in [-0.2, 0) is 4.74 Å². The van der Waals surface area contributed by atoms with Gasteiger partial charge in [-0.05, 0) is 44.7 Å². The van der Waals surface area contributed by atoms with Gasteiger partial charge < -0.3 is 10.5 Å². The highest BCUT2D eigenvalue weighted by Crippen LogP contribution is 2.46. The number of rotatable bonds is 2. The molecule has 2 aliphatic rings. The quantitative estimate of drug-likeness (QED) is 0.573. The summed E-state index contributed by atoms with van der Waals surface area (Å²) in [7, 11) is 0. The van der Waals surface area contributed by atoms with Gasteiger partial charge >= 0.3 is 12.3 Å². The molecule has 0 spiro atoms. The number of hydrogen-bond donors (Lipinski definition) is 2. The highest BCUT2D eigenvalue weighted by atomic mass is 19.4. The number of carbonyl (C=O) groups is 1. The summed E-state index contributed by atoms with van der Waals surface area (Å²) in [5.74, 6) is -0.170. The van der Waals surface area contributed by atoms with Gasteiger partial charge in [0.25, 0.3) is 0 Å². The first-order valence-electron chi connectivity index (χ1n) is 10.4. The Labute approximate surface area is 181 Å². The van der Waals surface area contributed by atoms with E-state index in [1.165, 1.54) is 12.3 Å². The van der Waals surface area contributed by atoms with Crippen LogP contribution in [0.15, 0.2) is 36.5 Å². The van der Waals surface area contributed by atoms with Crippen LogP contribution in [0.1, 0.15) is 50.3 Å². The molecule has 7 nitrogen and oxygen atoms in total. The summed E-state index contributed by atoms with van der Waals surface area (Å²) < 4.78 is 47.9. The molecular weight excluding hydrogens is 423 g/mol. The van der Waals surface area contributed by atoms with Gasteiger partial charge in [-0.1, -0.05) is 18.2 Å². The number of carbonyl (C=O) groups excluding carboxylic acids is 1. The van der Waals surface area contributed by atoms with Crippen LogP contribution in [0, 0.1) is 0 Å². The van der Waals surface area contributed by atoms with Gasteiger partial charge in [0.15, 0.2) is 0 Å². The predicted molar refractivity (Wildman–Crippen MR) is 112 cm³/mol. The third-order valence-electron chi connectivity index (χ3n) is 6.31. The van der Waals surface area contributed by atoms with E-state index >= 15 is 0 Å². The molecule has 1 aliphatic carbocycles. The van der Waals surface area contributed by atoms with Crippen LogP contribution in [0.4, 0.5) is 23.8 Å². The first-order chi connectivity index (χ1) is 15.1. The molecule has 5 rings (SSSR count). The van der Waals surface area contributed by atoms with E-state index in [4.69, 9.17) is 10.8 Å². The van der Waals surface area contributed by atoms with Crippen LogP contribution in [0.3, 0.4) is 0 Å². The zero-order chi connectivity index (χ0) is 22.7. The normalized spacial score (nSPS) is 25.8. The molecular formula is C22H22F3N5O2. The van der Waals surface area contributed by atoms with Crippen molar-refractivity contribution in [1.29, 1.82) is 0 Å². The molecule has 3 N–H and O–H groups in total. The van der Waals surface area contributed by atoms with Crippen LogP contribution in [-0.4, -0.2) is 32.6 Å². The number of ether oxygens (including phenoxy) is 1. The minimum atomic E-state index is -4.79. The summed E-state index contributed by atoms with van der Waals surface area (Å²) in [6.07, 6.45) is -3.71. The molecule has 3 aromatic rings. The number of anilines is 1. The van der Waals surface area contributed by atoms with Crippen molar-refractivity contribution in [3.8, 4) is 11.3 Å². The number of cyclic esters (lactones) is 1. The number of pyridine rings is 1. The van der Waals surface area contributed by atoms with Crippen LogP contribution in [0.25, 0.3) is 22.2 Å². The number of halogens is 3. The number of nitrogens with zero attached hydrogens (tertiary/aromatic N) is 3. The van der Waals surface area contributed by atoms with Gasteiger partial charge in [-0.25, -0.2) is 9.78 Å². The number of alkyl halides is 3. The molecule has 0 unspecified atom stereocenters. The zero-order valence-electron chi connectivity index (χ0n) is 17.3. The average Bonchev–Trinajstić information content (AvgIpc) is 3.11. The number of fused-ring (bicyclic) bond motifs is 2. The summed E-state index contributed by atoms with van der Waals surface area (Å²) in [6, 6.07) is 9.02. The lowest BCUT2D eigenvalue weighted by atomic mass is 9.82. The van der Waals surface area contributed by atoms with E-state index in [1.807, 2.05) is 35.9 Å². The number of nitrogens with one attached hydrogen (secondary N) is 1. The molecule has 1 aliphatic heterocycles. The molecule has 1 fully saturated rings. The molecule has 1 saturated carbocycles. The van der Waals surface area contributed by atoms with E-state index in [9.17, 15) is 18.0 Å². The van der Waals surface area contributed by atoms with Gasteiger partial charge in [-0.15, -0.1) is 0 Å². The fraction of sp³-hybridized carbons (Fsp3) is 0.409. The lowest BCUT2D eigenvalue weighted by Crippen LogP contribution is -2.40. The molecule has 1 aromatic carbocycles. The Kier molecular flexibility index (Phi) is 4.66. The molecule has 1 atom stereocenters. The lowest BCUT2D eigenvalue weighted by Gasteiger charge is -2.34. The van der Waals surface area contributed by atoms with Crippen molar-refractivity contribution in [2.24, 2.45) is 5.73 Å². The van der Waals surface area contributed by atoms with Gasteiger partial charge in [-0.3, -0.25) is 10.00 Å². The fourth-order valence-electron chi connectivity index (χ4n) is 4.64. The molecule has 0 radical (unpaired) electrons. The highest BCUT2D eigenvalue weighted by molar-refractivity contribution is 5.97. The van der Waals surface area contributed by atoms with E-state index in [1.54, 1.807) is 0 Å². The third-order valence-corrected chi connectivity index (χ3v) is 6.31. The molecule has 0 bridgehead atoms. The molecule has 10 heteroatoms. The molecule has 168 valence electrons. The maximum absolute atomic E-state index is 13.8. The van der Waals surface area contributed by atoms with Crippen LogP contribution in [0.5, 0.6) is 0 Å². The predicted octanol–water partition coefficient (Wildman–Crippen LogP) is 5.10. The van der Waals surface area contributed by atoms with Crippen LogP contribution in [0.2, 0.25) is 0 Å². The largest absolute Gasteiger partial charge is 0.431 e. The molecule has 3 heterocycles. The molecule has 2 aromatic heterocycles. The molecule has 32 heavy (non-hydrogen) atoms. The van der Waals surface area contributed by atoms with Crippen molar-refractivity contribution < 1.29 is 22.7 Å². The first-order valence-corrected chi connectivity index (χ1v) is 10.4. The topological polar surface area (TPSA) is 95.1 Å².